The first-order chi connectivity index (χ1) is 27.3. The Labute approximate surface area is 318 Å². The average molecular weight is 701 g/mol. The molecule has 0 aliphatic carbocycles. The van der Waals surface area contributed by atoms with Gasteiger partial charge in [-0.2, -0.15) is 0 Å². The number of nitrogens with zero attached hydrogens (tertiary/aromatic N) is 4. The Hall–Kier alpha value is -7.43. The first kappa shape index (κ1) is 31.1. The highest BCUT2D eigenvalue weighted by Gasteiger charge is 2.24. The van der Waals surface area contributed by atoms with E-state index in [1.54, 1.807) is 0 Å². The van der Waals surface area contributed by atoms with Crippen molar-refractivity contribution in [3.05, 3.63) is 194 Å². The molecule has 55 heavy (non-hydrogen) atoms. The van der Waals surface area contributed by atoms with E-state index in [0.717, 1.165) is 22.3 Å². The van der Waals surface area contributed by atoms with E-state index in [0.29, 0.717) is 17.5 Å². The van der Waals surface area contributed by atoms with Crippen LogP contribution >= 0.6 is 0 Å². The van der Waals surface area contributed by atoms with Gasteiger partial charge in [0.05, 0.1) is 16.6 Å². The van der Waals surface area contributed by atoms with Crippen molar-refractivity contribution in [2.75, 3.05) is 0 Å². The van der Waals surface area contributed by atoms with Crippen LogP contribution in [-0.4, -0.2) is 19.4 Å². The van der Waals surface area contributed by atoms with Gasteiger partial charge in [-0.05, 0) is 51.6 Å². The molecular weight excluding hydrogens is 669 g/mol. The van der Waals surface area contributed by atoms with Gasteiger partial charge in [0.2, 0.25) is 0 Å². The summed E-state index contributed by atoms with van der Waals surface area (Å²) in [6.45, 7) is 0. The smallest absolute Gasteiger partial charge is 0.164 e. The molecule has 0 spiro atoms. The van der Waals surface area contributed by atoms with Crippen LogP contribution in [-0.2, 0) is 0 Å². The molecule has 0 fully saturated rings. The maximum Gasteiger partial charge on any atom is 0.164 e. The molecule has 0 saturated carbocycles. The fourth-order valence-electron chi connectivity index (χ4n) is 8.24. The monoisotopic (exact) mass is 700 g/mol. The van der Waals surface area contributed by atoms with Gasteiger partial charge in [0, 0.05) is 38.2 Å². The van der Waals surface area contributed by atoms with Crippen molar-refractivity contribution < 1.29 is 0 Å². The summed E-state index contributed by atoms with van der Waals surface area (Å²) in [5.41, 5.74) is 13.7. The van der Waals surface area contributed by atoms with Gasteiger partial charge in [-0.3, -0.25) is 0 Å². The van der Waals surface area contributed by atoms with Crippen LogP contribution in [0.4, 0.5) is 0 Å². The fraction of sp³-hybridized carbons (Fsp3) is 0. The molecule has 0 aliphatic heterocycles. The van der Waals surface area contributed by atoms with E-state index < -0.39 is 0 Å². The first-order valence-electron chi connectivity index (χ1n) is 18.6. The van der Waals surface area contributed by atoms with Gasteiger partial charge in [0.25, 0.3) is 0 Å². The highest BCUT2D eigenvalue weighted by molar-refractivity contribution is 6.29. The lowest BCUT2D eigenvalue weighted by molar-refractivity contribution is 1.07. The van der Waals surface area contributed by atoms with Gasteiger partial charge in [0.15, 0.2) is 17.5 Å². The van der Waals surface area contributed by atoms with E-state index >= 15 is 0 Å². The molecule has 0 bridgehead atoms. The standard InChI is InChI=1S/C51H32N4/c1-4-14-33(15-5-1)34-24-28-36(29-25-34)46-42(32-43-40-20-10-12-22-44(40)55-45-23-13-11-21-41(45)47(46)48(43)55)35-26-30-39(31-27-35)51-53-49(37-16-6-2-7-17-37)52-50(54-51)38-18-8-3-9-19-38/h1-32H. The second kappa shape index (κ2) is 12.6. The summed E-state index contributed by atoms with van der Waals surface area (Å²) in [5, 5.41) is 5.03. The maximum absolute atomic E-state index is 5.00. The van der Waals surface area contributed by atoms with E-state index in [-0.39, 0.29) is 0 Å². The minimum atomic E-state index is 0.641. The van der Waals surface area contributed by atoms with Crippen LogP contribution in [0.2, 0.25) is 0 Å². The largest absolute Gasteiger partial charge is 0.308 e. The summed E-state index contributed by atoms with van der Waals surface area (Å²) in [4.78, 5) is 14.9. The molecule has 0 unspecified atom stereocenters. The molecule has 0 radical (unpaired) electrons. The molecule has 4 nitrogen and oxygen atoms in total. The quantitative estimate of drug-likeness (QED) is 0.173. The third kappa shape index (κ3) is 5.11. The molecule has 8 aromatic carbocycles. The lowest BCUT2D eigenvalue weighted by atomic mass is 9.88. The van der Waals surface area contributed by atoms with Crippen LogP contribution in [0.3, 0.4) is 0 Å². The number of rotatable bonds is 6. The van der Waals surface area contributed by atoms with E-state index in [2.05, 4.69) is 138 Å². The minimum absolute atomic E-state index is 0.641. The van der Waals surface area contributed by atoms with Crippen molar-refractivity contribution in [3.8, 4) is 67.5 Å². The van der Waals surface area contributed by atoms with Gasteiger partial charge in [0.1, 0.15) is 0 Å². The van der Waals surface area contributed by atoms with Gasteiger partial charge >= 0.3 is 0 Å². The molecule has 4 heteroatoms. The van der Waals surface area contributed by atoms with Gasteiger partial charge in [-0.25, -0.2) is 15.0 Å². The molecule has 256 valence electrons. The summed E-state index contributed by atoms with van der Waals surface area (Å²) in [6, 6.07) is 68.7. The predicted octanol–water partition coefficient (Wildman–Crippen LogP) is 13.0. The van der Waals surface area contributed by atoms with Crippen LogP contribution in [0.25, 0.3) is 106 Å². The van der Waals surface area contributed by atoms with E-state index in [1.807, 2.05) is 60.7 Å². The third-order valence-electron chi connectivity index (χ3n) is 10.8. The molecule has 3 heterocycles. The zero-order chi connectivity index (χ0) is 36.3. The minimum Gasteiger partial charge on any atom is -0.308 e. The molecule has 11 rings (SSSR count). The summed E-state index contributed by atoms with van der Waals surface area (Å²) in [7, 11) is 0. The molecule has 11 aromatic rings. The summed E-state index contributed by atoms with van der Waals surface area (Å²) < 4.78 is 2.46. The van der Waals surface area contributed by atoms with Crippen LogP contribution in [0.15, 0.2) is 194 Å². The lowest BCUT2D eigenvalue weighted by Gasteiger charge is -2.15. The van der Waals surface area contributed by atoms with Gasteiger partial charge in [-0.15, -0.1) is 0 Å². The van der Waals surface area contributed by atoms with Crippen molar-refractivity contribution in [1.82, 2.24) is 19.4 Å². The average Bonchev–Trinajstić information content (AvgIpc) is 3.79. The molecule has 0 aliphatic rings. The molecule has 3 aromatic heterocycles. The van der Waals surface area contributed by atoms with E-state index in [9.17, 15) is 0 Å². The van der Waals surface area contributed by atoms with Crippen molar-refractivity contribution in [2.45, 2.75) is 0 Å². The summed E-state index contributed by atoms with van der Waals surface area (Å²) in [5.74, 6) is 1.94. The number of hydrogen-bond acceptors (Lipinski definition) is 3. The number of para-hydroxylation sites is 2. The van der Waals surface area contributed by atoms with Crippen LogP contribution in [0.1, 0.15) is 0 Å². The number of aromatic nitrogens is 4. The van der Waals surface area contributed by atoms with E-state index in [4.69, 9.17) is 15.0 Å². The van der Waals surface area contributed by atoms with Crippen LogP contribution in [0.5, 0.6) is 0 Å². The Bertz CT molecular complexity index is 3090. The number of fused-ring (bicyclic) bond motifs is 6. The summed E-state index contributed by atoms with van der Waals surface area (Å²) in [6.07, 6.45) is 0. The number of benzene rings is 8. The normalized spacial score (nSPS) is 11.6. The maximum atomic E-state index is 5.00. The van der Waals surface area contributed by atoms with Crippen LogP contribution in [0, 0.1) is 0 Å². The van der Waals surface area contributed by atoms with Crippen molar-refractivity contribution >= 4 is 38.1 Å². The lowest BCUT2D eigenvalue weighted by Crippen LogP contribution is -2.00. The van der Waals surface area contributed by atoms with Gasteiger partial charge < -0.3 is 4.40 Å². The Morgan fingerprint density at radius 3 is 1.29 bits per heavy atom. The highest BCUT2D eigenvalue weighted by atomic mass is 15.0. The molecule has 0 saturated heterocycles. The Morgan fingerprint density at radius 1 is 0.309 bits per heavy atom. The topological polar surface area (TPSA) is 43.1 Å². The van der Waals surface area contributed by atoms with Gasteiger partial charge in [-0.1, -0.05) is 176 Å². The predicted molar refractivity (Wildman–Crippen MR) is 227 cm³/mol. The second-order valence-corrected chi connectivity index (χ2v) is 14.0. The first-order valence-corrected chi connectivity index (χ1v) is 18.6. The van der Waals surface area contributed by atoms with Crippen molar-refractivity contribution in [3.63, 3.8) is 0 Å². The highest BCUT2D eigenvalue weighted by Crippen LogP contribution is 2.48. The Kier molecular flexibility index (Phi) is 7.14. The number of hydrogen-bond donors (Lipinski definition) is 0. The Balaban J connectivity index is 1.13. The van der Waals surface area contributed by atoms with Crippen LogP contribution < -0.4 is 0 Å². The molecule has 0 amide bonds. The fourth-order valence-corrected chi connectivity index (χ4v) is 8.24. The second-order valence-electron chi connectivity index (χ2n) is 14.0. The SMILES string of the molecule is c1ccc(-c2ccc(-c3c(-c4ccc(-c5nc(-c6ccccc6)nc(-c6ccccc6)n5)cc4)cc4c5ccccc5n5c6ccccc6c3c45)cc2)cc1. The zero-order valence-electron chi connectivity index (χ0n) is 29.8. The third-order valence-corrected chi connectivity index (χ3v) is 10.8. The van der Waals surface area contributed by atoms with Crippen molar-refractivity contribution in [1.29, 1.82) is 0 Å². The zero-order valence-corrected chi connectivity index (χ0v) is 29.8. The Morgan fingerprint density at radius 2 is 0.709 bits per heavy atom. The summed E-state index contributed by atoms with van der Waals surface area (Å²) >= 11 is 0. The van der Waals surface area contributed by atoms with E-state index in [1.165, 1.54) is 65.9 Å². The van der Waals surface area contributed by atoms with Crippen molar-refractivity contribution in [2.24, 2.45) is 0 Å². The molecular formula is C51H32N4. The molecule has 0 N–H and O–H groups in total. The molecule has 0 atom stereocenters.